The molecule has 42 heavy (non-hydrogen) atoms. The van der Waals surface area contributed by atoms with Gasteiger partial charge in [-0.3, -0.25) is 19.2 Å². The van der Waals surface area contributed by atoms with Gasteiger partial charge in [-0.1, -0.05) is 85.7 Å². The molecule has 1 aliphatic rings. The molecule has 1 fully saturated rings. The maximum atomic E-state index is 13.7. The summed E-state index contributed by atoms with van der Waals surface area (Å²) in [5.74, 6) is -3.16. The summed E-state index contributed by atoms with van der Waals surface area (Å²) < 4.78 is 5.74. The number of nitrogens with one attached hydrogen (secondary N) is 4. The van der Waals surface area contributed by atoms with Gasteiger partial charge < -0.3 is 26.0 Å². The van der Waals surface area contributed by atoms with Gasteiger partial charge in [-0.25, -0.2) is 4.79 Å². The van der Waals surface area contributed by atoms with Crippen LogP contribution in [-0.4, -0.2) is 59.9 Å². The van der Waals surface area contributed by atoms with Gasteiger partial charge in [0.1, 0.15) is 24.2 Å². The summed E-state index contributed by atoms with van der Waals surface area (Å²) in [6.45, 7) is 15.1. The Morgan fingerprint density at radius 1 is 0.595 bits per heavy atom. The number of hydrogen-bond donors (Lipinski definition) is 4. The van der Waals surface area contributed by atoms with Crippen molar-refractivity contribution in [3.05, 3.63) is 35.9 Å². The summed E-state index contributed by atoms with van der Waals surface area (Å²) in [6.07, 6.45) is -0.149. The molecule has 2 rings (SSSR count). The molecule has 1 aliphatic heterocycles. The highest BCUT2D eigenvalue weighted by atomic mass is 16.5. The zero-order valence-electron chi connectivity index (χ0n) is 26.4. The standard InChI is InChI=1S/C32H50N4O6/c1-18(2)14-23-28(37)33-24(17-22-12-10-9-11-13-22)29(38)35-25(15-19(3)4)32(41)42-26(16-20(5)6)30(39)36-27(21(7)8)31(40)34-23/h9-13,18-21,23-27H,14-17H2,1-8H3,(H,33,37)(H,34,40)(H,35,38)(H,36,39)/t23?,24-,25?,26-,27?/m0/s1. The molecule has 1 heterocycles. The molecule has 10 nitrogen and oxygen atoms in total. The lowest BCUT2D eigenvalue weighted by atomic mass is 9.98. The minimum absolute atomic E-state index is 0.00703. The van der Waals surface area contributed by atoms with Crippen molar-refractivity contribution < 1.29 is 28.7 Å². The third-order valence-electron chi connectivity index (χ3n) is 7.05. The molecular formula is C32H50N4O6. The number of ether oxygens (including phenoxy) is 1. The number of esters is 1. The average Bonchev–Trinajstić information content (AvgIpc) is 2.89. The zero-order chi connectivity index (χ0) is 31.6. The first-order valence-electron chi connectivity index (χ1n) is 15.1. The van der Waals surface area contributed by atoms with Crippen molar-refractivity contribution in [3.8, 4) is 0 Å². The van der Waals surface area contributed by atoms with Gasteiger partial charge in [0.15, 0.2) is 6.10 Å². The predicted octanol–water partition coefficient (Wildman–Crippen LogP) is 2.89. The molecule has 4 amide bonds. The maximum Gasteiger partial charge on any atom is 0.329 e. The van der Waals surface area contributed by atoms with Crippen molar-refractivity contribution in [2.75, 3.05) is 0 Å². The molecule has 10 heteroatoms. The Balaban J connectivity index is 2.59. The van der Waals surface area contributed by atoms with Crippen LogP contribution in [0.1, 0.15) is 80.2 Å². The minimum Gasteiger partial charge on any atom is -0.451 e. The van der Waals surface area contributed by atoms with Gasteiger partial charge in [0.05, 0.1) is 0 Å². The average molecular weight is 587 g/mol. The van der Waals surface area contributed by atoms with E-state index in [1.54, 1.807) is 13.8 Å². The Kier molecular flexibility index (Phi) is 13.5. The van der Waals surface area contributed by atoms with Gasteiger partial charge in [0, 0.05) is 6.42 Å². The first-order valence-corrected chi connectivity index (χ1v) is 15.1. The summed E-state index contributed by atoms with van der Waals surface area (Å²) in [5.41, 5.74) is 0.815. The fourth-order valence-corrected chi connectivity index (χ4v) is 4.89. The van der Waals surface area contributed by atoms with Crippen molar-refractivity contribution in [1.29, 1.82) is 0 Å². The summed E-state index contributed by atoms with van der Waals surface area (Å²) >= 11 is 0. The number of rotatable bonds is 9. The second kappa shape index (κ2) is 16.3. The smallest absolute Gasteiger partial charge is 0.329 e. The molecule has 0 radical (unpaired) electrons. The molecule has 4 N–H and O–H groups in total. The monoisotopic (exact) mass is 586 g/mol. The van der Waals surface area contributed by atoms with Crippen LogP contribution in [0.3, 0.4) is 0 Å². The molecule has 0 spiro atoms. The highest BCUT2D eigenvalue weighted by molar-refractivity contribution is 5.96. The summed E-state index contributed by atoms with van der Waals surface area (Å²) in [7, 11) is 0. The Morgan fingerprint density at radius 3 is 1.64 bits per heavy atom. The minimum atomic E-state index is -1.16. The van der Waals surface area contributed by atoms with E-state index in [1.807, 2.05) is 71.9 Å². The first-order chi connectivity index (χ1) is 19.7. The second-order valence-electron chi connectivity index (χ2n) is 12.9. The van der Waals surface area contributed by atoms with Crippen molar-refractivity contribution in [2.45, 2.75) is 111 Å². The van der Waals surface area contributed by atoms with Gasteiger partial charge >= 0.3 is 5.97 Å². The second-order valence-corrected chi connectivity index (χ2v) is 12.9. The van der Waals surface area contributed by atoms with Gasteiger partial charge in [0.2, 0.25) is 17.7 Å². The van der Waals surface area contributed by atoms with E-state index in [9.17, 15) is 24.0 Å². The van der Waals surface area contributed by atoms with E-state index in [1.165, 1.54) is 0 Å². The molecule has 0 aromatic heterocycles. The number of cyclic esters (lactones) is 1. The number of carbonyl (C=O) groups excluding carboxylic acids is 5. The molecular weight excluding hydrogens is 536 g/mol. The van der Waals surface area contributed by atoms with E-state index in [0.29, 0.717) is 6.42 Å². The highest BCUT2D eigenvalue weighted by Gasteiger charge is 2.36. The van der Waals surface area contributed by atoms with Crippen molar-refractivity contribution in [1.82, 2.24) is 21.3 Å². The van der Waals surface area contributed by atoms with Gasteiger partial charge in [-0.05, 0) is 48.5 Å². The van der Waals surface area contributed by atoms with Crippen LogP contribution in [0.15, 0.2) is 30.3 Å². The van der Waals surface area contributed by atoms with Crippen LogP contribution in [0.5, 0.6) is 0 Å². The quantitative estimate of drug-likeness (QED) is 0.328. The van der Waals surface area contributed by atoms with Gasteiger partial charge in [-0.2, -0.15) is 0 Å². The van der Waals surface area contributed by atoms with E-state index in [4.69, 9.17) is 4.74 Å². The Bertz CT molecular complexity index is 1070. The molecule has 3 unspecified atom stereocenters. The Morgan fingerprint density at radius 2 is 1.10 bits per heavy atom. The summed E-state index contributed by atoms with van der Waals surface area (Å²) in [4.78, 5) is 67.7. The van der Waals surface area contributed by atoms with Crippen LogP contribution in [0.2, 0.25) is 0 Å². The molecule has 0 bridgehead atoms. The van der Waals surface area contributed by atoms with Crippen LogP contribution in [0.25, 0.3) is 0 Å². The van der Waals surface area contributed by atoms with Crippen LogP contribution in [0, 0.1) is 23.7 Å². The fraction of sp³-hybridized carbons (Fsp3) is 0.656. The van der Waals surface area contributed by atoms with Crippen LogP contribution in [-0.2, 0) is 35.1 Å². The normalized spacial score (nSPS) is 25.0. The van der Waals surface area contributed by atoms with Gasteiger partial charge in [-0.15, -0.1) is 0 Å². The summed E-state index contributed by atoms with van der Waals surface area (Å²) in [5, 5.41) is 11.2. The molecule has 1 aromatic carbocycles. The molecule has 5 atom stereocenters. The van der Waals surface area contributed by atoms with Crippen LogP contribution >= 0.6 is 0 Å². The first kappa shape index (κ1) is 34.8. The fourth-order valence-electron chi connectivity index (χ4n) is 4.89. The topological polar surface area (TPSA) is 143 Å². The number of benzene rings is 1. The van der Waals surface area contributed by atoms with Crippen molar-refractivity contribution >= 4 is 29.6 Å². The Hall–Kier alpha value is -3.43. The molecule has 1 saturated heterocycles. The molecule has 234 valence electrons. The van der Waals surface area contributed by atoms with E-state index in [2.05, 4.69) is 21.3 Å². The lowest BCUT2D eigenvalue weighted by Crippen LogP contribution is -2.59. The summed E-state index contributed by atoms with van der Waals surface area (Å²) in [6, 6.07) is 5.27. The number of carbonyl (C=O) groups is 5. The third kappa shape index (κ3) is 11.1. The van der Waals surface area contributed by atoms with Crippen LogP contribution in [0.4, 0.5) is 0 Å². The molecule has 0 aliphatic carbocycles. The van der Waals surface area contributed by atoms with E-state index < -0.39 is 59.9 Å². The van der Waals surface area contributed by atoms with Gasteiger partial charge in [0.25, 0.3) is 5.91 Å². The lowest BCUT2D eigenvalue weighted by Gasteiger charge is -2.28. The zero-order valence-corrected chi connectivity index (χ0v) is 26.4. The van der Waals surface area contributed by atoms with E-state index in [-0.39, 0.29) is 42.9 Å². The SMILES string of the molecule is CC(C)CC1NC(=O)C(C(C)C)NC(=O)[C@H](CC(C)C)OC(=O)C(CC(C)C)NC(=O)[C@H](Cc2ccccc2)NC1=O. The molecule has 0 saturated carbocycles. The van der Waals surface area contributed by atoms with Crippen molar-refractivity contribution in [3.63, 3.8) is 0 Å². The van der Waals surface area contributed by atoms with Crippen LogP contribution < -0.4 is 21.3 Å². The largest absolute Gasteiger partial charge is 0.451 e. The maximum absolute atomic E-state index is 13.7. The lowest BCUT2D eigenvalue weighted by molar-refractivity contribution is -0.160. The highest BCUT2D eigenvalue weighted by Crippen LogP contribution is 2.16. The van der Waals surface area contributed by atoms with E-state index >= 15 is 0 Å². The molecule has 1 aromatic rings. The third-order valence-corrected chi connectivity index (χ3v) is 7.05. The number of hydrogen-bond acceptors (Lipinski definition) is 6. The van der Waals surface area contributed by atoms with E-state index in [0.717, 1.165) is 5.56 Å². The Labute approximate surface area is 250 Å². The van der Waals surface area contributed by atoms with Crippen molar-refractivity contribution in [2.24, 2.45) is 23.7 Å². The number of amides is 4. The predicted molar refractivity (Wildman–Crippen MR) is 161 cm³/mol.